The van der Waals surface area contributed by atoms with Crippen LogP contribution in [-0.4, -0.2) is 88.5 Å². The number of rotatable bonds is 6. The van der Waals surface area contributed by atoms with Gasteiger partial charge in [0.25, 0.3) is 0 Å². The summed E-state index contributed by atoms with van der Waals surface area (Å²) in [4.78, 5) is 57.7. The monoisotopic (exact) mass is 624 g/mol. The summed E-state index contributed by atoms with van der Waals surface area (Å²) in [6.45, 7) is 8.44. The van der Waals surface area contributed by atoms with Crippen molar-refractivity contribution in [3.8, 4) is 23.0 Å². The molecule has 46 heavy (non-hydrogen) atoms. The molecule has 1 N–H and O–H groups in total. The molecule has 0 radical (unpaired) electrons. The number of nitriles is 1. The minimum Gasteiger partial charge on any atom is -0.465 e. The Bertz CT molecular complexity index is 1960. The zero-order valence-electron chi connectivity index (χ0n) is 26.9. The molecule has 238 valence electrons. The molecule has 1 saturated heterocycles. The van der Waals surface area contributed by atoms with Crippen LogP contribution in [-0.2, 0) is 4.74 Å². The molecule has 5 rings (SSSR count). The maximum absolute atomic E-state index is 14.2. The summed E-state index contributed by atoms with van der Waals surface area (Å²) in [5.41, 5.74) is 3.62. The van der Waals surface area contributed by atoms with Crippen molar-refractivity contribution in [3.05, 3.63) is 69.4 Å². The third-order valence-corrected chi connectivity index (χ3v) is 8.22. The molecule has 3 aromatic heterocycles. The van der Waals surface area contributed by atoms with Crippen LogP contribution in [0.3, 0.4) is 0 Å². The first kappa shape index (κ1) is 31.9. The number of esters is 1. The van der Waals surface area contributed by atoms with Gasteiger partial charge in [-0.05, 0) is 55.7 Å². The minimum atomic E-state index is -1.02. The normalized spacial score (nSPS) is 14.8. The number of benzene rings is 1. The summed E-state index contributed by atoms with van der Waals surface area (Å²) < 4.78 is 6.41. The van der Waals surface area contributed by atoms with Gasteiger partial charge >= 0.3 is 17.8 Å². The van der Waals surface area contributed by atoms with Gasteiger partial charge in [-0.25, -0.2) is 23.9 Å². The van der Waals surface area contributed by atoms with Gasteiger partial charge in [-0.15, -0.1) is 0 Å². The lowest BCUT2D eigenvalue weighted by Gasteiger charge is -2.39. The summed E-state index contributed by atoms with van der Waals surface area (Å²) >= 11 is 0. The number of aromatic nitrogens is 4. The molecule has 13 nitrogen and oxygen atoms in total. The molecule has 1 amide bonds. The zero-order chi connectivity index (χ0) is 33.4. The van der Waals surface area contributed by atoms with Crippen LogP contribution in [0.1, 0.15) is 53.9 Å². The van der Waals surface area contributed by atoms with Crippen molar-refractivity contribution in [2.45, 2.75) is 39.7 Å². The Morgan fingerprint density at radius 1 is 1.15 bits per heavy atom. The number of anilines is 2. The van der Waals surface area contributed by atoms with Crippen LogP contribution in [0.25, 0.3) is 28.0 Å². The summed E-state index contributed by atoms with van der Waals surface area (Å²) in [5.74, 6) is -0.278. The minimum absolute atomic E-state index is 0.0458. The molecule has 13 heteroatoms. The van der Waals surface area contributed by atoms with Crippen molar-refractivity contribution in [2.24, 2.45) is 0 Å². The van der Waals surface area contributed by atoms with Crippen LogP contribution in [0.4, 0.5) is 16.3 Å². The number of hydrogen-bond donors (Lipinski definition) is 1. The number of amides is 1. The third-order valence-electron chi connectivity index (χ3n) is 8.22. The fraction of sp³-hybridized carbons (Fsp3) is 0.364. The van der Waals surface area contributed by atoms with E-state index in [-0.39, 0.29) is 54.1 Å². The first-order valence-corrected chi connectivity index (χ1v) is 14.9. The average Bonchev–Trinajstić information content (AvgIpc) is 3.03. The highest BCUT2D eigenvalue weighted by Crippen LogP contribution is 2.37. The Hall–Kier alpha value is -5.51. The summed E-state index contributed by atoms with van der Waals surface area (Å²) in [6.07, 6.45) is 0.679. The molecule has 0 saturated carbocycles. The Morgan fingerprint density at radius 3 is 2.50 bits per heavy atom. The van der Waals surface area contributed by atoms with E-state index in [1.165, 1.54) is 16.6 Å². The van der Waals surface area contributed by atoms with Gasteiger partial charge in [0.1, 0.15) is 11.9 Å². The Kier molecular flexibility index (Phi) is 8.65. The van der Waals surface area contributed by atoms with E-state index in [1.54, 1.807) is 30.5 Å². The molecule has 0 spiro atoms. The standard InChI is InChI=1S/C33H36N8O5/c1-18(2)26-28(19(3)10-11-35-26)41-30-24(29(37-32(41)43)40-13-12-39(33(44)45)17-20(40)4)15-22(16-34)27(36-30)23-14-21(31(42)46-7)8-9-25(23)38(5)6/h8-11,14-15,18,20H,12-13,17H2,1-7H3,(H,44,45)/t20-/m0/s1. The lowest BCUT2D eigenvalue weighted by Crippen LogP contribution is -2.54. The third kappa shape index (κ3) is 5.58. The van der Waals surface area contributed by atoms with Gasteiger partial charge in [0.2, 0.25) is 0 Å². The van der Waals surface area contributed by atoms with E-state index in [2.05, 4.69) is 16.0 Å². The predicted molar refractivity (Wildman–Crippen MR) is 174 cm³/mol. The molecule has 1 aliphatic heterocycles. The molecule has 1 fully saturated rings. The number of ether oxygens (including phenoxy) is 1. The van der Waals surface area contributed by atoms with E-state index in [0.717, 1.165) is 5.56 Å². The van der Waals surface area contributed by atoms with Gasteiger partial charge in [0.05, 0.1) is 40.7 Å². The highest BCUT2D eigenvalue weighted by atomic mass is 16.5. The molecule has 0 unspecified atom stereocenters. The largest absolute Gasteiger partial charge is 0.465 e. The van der Waals surface area contributed by atoms with E-state index >= 15 is 0 Å². The number of carbonyl (C=O) groups excluding carboxylic acids is 1. The van der Waals surface area contributed by atoms with Crippen molar-refractivity contribution >= 4 is 34.6 Å². The molecule has 0 bridgehead atoms. The number of nitrogens with zero attached hydrogens (tertiary/aromatic N) is 8. The van der Waals surface area contributed by atoms with E-state index < -0.39 is 17.8 Å². The molecule has 1 aromatic carbocycles. The SMILES string of the molecule is COC(=O)c1ccc(N(C)C)c(-c2nc3c(cc2C#N)c(N2CCN(C(=O)O)C[C@@H]2C)nc(=O)n3-c2c(C)ccnc2C(C)C)c1. The van der Waals surface area contributed by atoms with Crippen LogP contribution in [0.2, 0.25) is 0 Å². The smallest absolute Gasteiger partial charge is 0.407 e. The van der Waals surface area contributed by atoms with E-state index in [9.17, 15) is 24.8 Å². The van der Waals surface area contributed by atoms with E-state index in [4.69, 9.17) is 9.72 Å². The summed E-state index contributed by atoms with van der Waals surface area (Å²) in [6, 6.07) is 10.5. The van der Waals surface area contributed by atoms with E-state index in [0.29, 0.717) is 33.8 Å². The number of methoxy groups -OCH3 is 1. The maximum Gasteiger partial charge on any atom is 0.407 e. The predicted octanol–water partition coefficient (Wildman–Crippen LogP) is 4.19. The van der Waals surface area contributed by atoms with Gasteiger partial charge in [-0.2, -0.15) is 10.2 Å². The van der Waals surface area contributed by atoms with Crippen molar-refractivity contribution in [3.63, 3.8) is 0 Å². The molecule has 1 aliphatic rings. The molecule has 0 aliphatic carbocycles. The quantitative estimate of drug-likeness (QED) is 0.307. The number of piperazine rings is 1. The topological polar surface area (TPSA) is 158 Å². The Labute approximate surface area is 266 Å². The molecular formula is C33H36N8O5. The number of carboxylic acid groups (broad SMARTS) is 1. The van der Waals surface area contributed by atoms with E-state index in [1.807, 2.05) is 57.7 Å². The van der Waals surface area contributed by atoms with Crippen molar-refractivity contribution in [1.82, 2.24) is 24.4 Å². The molecule has 1 atom stereocenters. The molecule has 4 heterocycles. The van der Waals surface area contributed by atoms with Gasteiger partial charge < -0.3 is 24.5 Å². The van der Waals surface area contributed by atoms with Gasteiger partial charge in [-0.1, -0.05) is 13.8 Å². The highest BCUT2D eigenvalue weighted by Gasteiger charge is 2.31. The Morgan fingerprint density at radius 2 is 1.89 bits per heavy atom. The van der Waals surface area contributed by atoms with Crippen LogP contribution >= 0.6 is 0 Å². The second-order valence-electron chi connectivity index (χ2n) is 11.8. The number of hydrogen-bond acceptors (Lipinski definition) is 10. The number of pyridine rings is 2. The maximum atomic E-state index is 14.2. The lowest BCUT2D eigenvalue weighted by atomic mass is 9.99. The molecular weight excluding hydrogens is 588 g/mol. The zero-order valence-corrected chi connectivity index (χ0v) is 26.9. The highest BCUT2D eigenvalue weighted by molar-refractivity contribution is 5.96. The number of fused-ring (bicyclic) bond motifs is 1. The summed E-state index contributed by atoms with van der Waals surface area (Å²) in [5, 5.41) is 20.5. The fourth-order valence-corrected chi connectivity index (χ4v) is 5.93. The van der Waals surface area contributed by atoms with Crippen LogP contribution in [0, 0.1) is 18.3 Å². The second-order valence-corrected chi connectivity index (χ2v) is 11.8. The lowest BCUT2D eigenvalue weighted by molar-refractivity contribution is 0.0600. The van der Waals surface area contributed by atoms with Gasteiger partial charge in [0.15, 0.2) is 5.65 Å². The van der Waals surface area contributed by atoms with Crippen molar-refractivity contribution in [2.75, 3.05) is 50.6 Å². The average molecular weight is 625 g/mol. The first-order chi connectivity index (χ1) is 21.9. The fourth-order valence-electron chi connectivity index (χ4n) is 5.93. The first-order valence-electron chi connectivity index (χ1n) is 14.9. The van der Waals surface area contributed by atoms with Crippen molar-refractivity contribution < 1.29 is 19.4 Å². The number of carbonyl (C=O) groups is 2. The van der Waals surface area contributed by atoms with Crippen LogP contribution in [0.15, 0.2) is 41.3 Å². The Balaban J connectivity index is 1.91. The second kappa shape index (κ2) is 12.5. The molecule has 4 aromatic rings. The van der Waals surface area contributed by atoms with Crippen LogP contribution < -0.4 is 15.5 Å². The number of aryl methyl sites for hydroxylation is 1. The van der Waals surface area contributed by atoms with Gasteiger partial charge in [-0.3, -0.25) is 4.98 Å². The summed E-state index contributed by atoms with van der Waals surface area (Å²) in [7, 11) is 4.98. The van der Waals surface area contributed by atoms with Gasteiger partial charge in [0, 0.05) is 57.2 Å². The van der Waals surface area contributed by atoms with Crippen molar-refractivity contribution in [1.29, 1.82) is 5.26 Å². The van der Waals surface area contributed by atoms with Crippen LogP contribution in [0.5, 0.6) is 0 Å².